The van der Waals surface area contributed by atoms with Crippen LogP contribution in [0.1, 0.15) is 31.2 Å². The van der Waals surface area contributed by atoms with Gasteiger partial charge in [-0.25, -0.2) is 9.97 Å². The molecule has 0 bridgehead atoms. The molecule has 0 unspecified atom stereocenters. The number of nitrogens with one attached hydrogen (secondary N) is 1. The Hall–Kier alpha value is -1.76. The fraction of sp³-hybridized carbons (Fsp3) is 0.500. The maximum atomic E-state index is 11.7. The van der Waals surface area contributed by atoms with Crippen molar-refractivity contribution in [3.63, 3.8) is 0 Å². The summed E-state index contributed by atoms with van der Waals surface area (Å²) in [6.45, 7) is 2.69. The average Bonchev–Trinajstić information content (AvgIpc) is 3.05. The maximum Gasteiger partial charge on any atom is 0.226 e. The highest BCUT2D eigenvalue weighted by molar-refractivity contribution is 7.15. The number of anilines is 1. The van der Waals surface area contributed by atoms with Crippen LogP contribution in [0, 0.1) is 0 Å². The highest BCUT2D eigenvalue weighted by Crippen LogP contribution is 2.20. The van der Waals surface area contributed by atoms with Crippen LogP contribution in [0.15, 0.2) is 18.9 Å². The number of thiazole rings is 1. The quantitative estimate of drug-likeness (QED) is 0.842. The van der Waals surface area contributed by atoms with E-state index in [-0.39, 0.29) is 5.91 Å². The van der Waals surface area contributed by atoms with E-state index < -0.39 is 0 Å². The van der Waals surface area contributed by atoms with Crippen LogP contribution in [-0.4, -0.2) is 25.7 Å². The van der Waals surface area contributed by atoms with Gasteiger partial charge in [-0.15, -0.1) is 11.3 Å². The Balaban J connectivity index is 1.76. The SMILES string of the molecule is CCCCc1ncc(NC(=O)CCn2cncn2)s1. The number of nitrogens with zero attached hydrogens (tertiary/aromatic N) is 4. The zero-order valence-corrected chi connectivity index (χ0v) is 11.7. The molecule has 102 valence electrons. The number of hydrogen-bond acceptors (Lipinski definition) is 5. The molecule has 0 aliphatic heterocycles. The summed E-state index contributed by atoms with van der Waals surface area (Å²) in [6, 6.07) is 0. The molecule has 0 saturated heterocycles. The Bertz CT molecular complexity index is 508. The highest BCUT2D eigenvalue weighted by Gasteiger charge is 2.06. The summed E-state index contributed by atoms with van der Waals surface area (Å²) in [5.74, 6) is -0.0267. The van der Waals surface area contributed by atoms with Gasteiger partial charge >= 0.3 is 0 Å². The number of rotatable bonds is 7. The Morgan fingerprint density at radius 3 is 3.16 bits per heavy atom. The molecule has 2 rings (SSSR count). The van der Waals surface area contributed by atoms with Crippen molar-refractivity contribution in [2.75, 3.05) is 5.32 Å². The Kier molecular flexibility index (Phi) is 5.02. The number of aryl methyl sites for hydroxylation is 2. The number of amides is 1. The molecule has 0 radical (unpaired) electrons. The minimum absolute atomic E-state index is 0.0267. The first kappa shape index (κ1) is 13.7. The predicted molar refractivity (Wildman–Crippen MR) is 74.0 cm³/mol. The number of carbonyl (C=O) groups is 1. The molecule has 0 aliphatic rings. The molecule has 1 amide bonds. The fourth-order valence-electron chi connectivity index (χ4n) is 1.58. The summed E-state index contributed by atoms with van der Waals surface area (Å²) in [7, 11) is 0. The third-order valence-corrected chi connectivity index (χ3v) is 3.57. The van der Waals surface area contributed by atoms with Crippen molar-refractivity contribution in [3.05, 3.63) is 23.9 Å². The Morgan fingerprint density at radius 2 is 2.42 bits per heavy atom. The van der Waals surface area contributed by atoms with Gasteiger partial charge in [0.15, 0.2) is 0 Å². The van der Waals surface area contributed by atoms with Crippen molar-refractivity contribution in [1.29, 1.82) is 0 Å². The van der Waals surface area contributed by atoms with Gasteiger partial charge in [0.1, 0.15) is 17.7 Å². The standard InChI is InChI=1S/C12H17N5OS/c1-2-3-4-11-14-7-12(19-11)16-10(18)5-6-17-9-13-8-15-17/h7-9H,2-6H2,1H3,(H,16,18). The van der Waals surface area contributed by atoms with E-state index in [1.807, 2.05) is 0 Å². The van der Waals surface area contributed by atoms with Crippen molar-refractivity contribution >= 4 is 22.2 Å². The van der Waals surface area contributed by atoms with E-state index in [2.05, 4.69) is 27.3 Å². The zero-order valence-electron chi connectivity index (χ0n) is 10.9. The molecule has 0 fully saturated rings. The maximum absolute atomic E-state index is 11.7. The minimum Gasteiger partial charge on any atom is -0.316 e. The number of hydrogen-bond donors (Lipinski definition) is 1. The van der Waals surface area contributed by atoms with Gasteiger partial charge in [0.25, 0.3) is 0 Å². The van der Waals surface area contributed by atoms with E-state index in [0.29, 0.717) is 13.0 Å². The molecule has 0 spiro atoms. The van der Waals surface area contributed by atoms with Crippen LogP contribution in [0.5, 0.6) is 0 Å². The zero-order chi connectivity index (χ0) is 13.5. The van der Waals surface area contributed by atoms with Gasteiger partial charge in [0.05, 0.1) is 17.7 Å². The lowest BCUT2D eigenvalue weighted by atomic mass is 10.3. The first-order valence-corrected chi connectivity index (χ1v) is 7.16. The first-order chi connectivity index (χ1) is 9.28. The lowest BCUT2D eigenvalue weighted by molar-refractivity contribution is -0.116. The van der Waals surface area contributed by atoms with Gasteiger partial charge in [-0.2, -0.15) is 5.10 Å². The molecular weight excluding hydrogens is 262 g/mol. The second-order valence-electron chi connectivity index (χ2n) is 4.18. The third-order valence-electron chi connectivity index (χ3n) is 2.59. The first-order valence-electron chi connectivity index (χ1n) is 6.35. The Labute approximate surface area is 115 Å². The summed E-state index contributed by atoms with van der Waals surface area (Å²) in [5.41, 5.74) is 0. The molecule has 0 aromatic carbocycles. The smallest absolute Gasteiger partial charge is 0.226 e. The van der Waals surface area contributed by atoms with Crippen molar-refractivity contribution in [2.24, 2.45) is 0 Å². The number of unbranched alkanes of at least 4 members (excludes halogenated alkanes) is 1. The van der Waals surface area contributed by atoms with Crippen molar-refractivity contribution in [2.45, 2.75) is 39.2 Å². The van der Waals surface area contributed by atoms with Crippen LogP contribution in [0.2, 0.25) is 0 Å². The van der Waals surface area contributed by atoms with E-state index in [4.69, 9.17) is 0 Å². The van der Waals surface area contributed by atoms with Crippen LogP contribution in [0.25, 0.3) is 0 Å². The van der Waals surface area contributed by atoms with Crippen LogP contribution < -0.4 is 5.32 Å². The monoisotopic (exact) mass is 279 g/mol. The molecule has 0 atom stereocenters. The molecular formula is C12H17N5OS. The summed E-state index contributed by atoms with van der Waals surface area (Å²) in [6.07, 6.45) is 8.43. The van der Waals surface area contributed by atoms with Crippen LogP contribution in [-0.2, 0) is 17.8 Å². The van der Waals surface area contributed by atoms with Crippen LogP contribution in [0.4, 0.5) is 5.00 Å². The summed E-state index contributed by atoms with van der Waals surface area (Å²) in [4.78, 5) is 19.9. The minimum atomic E-state index is -0.0267. The normalized spacial score (nSPS) is 10.6. The summed E-state index contributed by atoms with van der Waals surface area (Å²) in [5, 5.41) is 8.70. The molecule has 2 aromatic rings. The van der Waals surface area contributed by atoms with E-state index in [1.165, 1.54) is 6.33 Å². The molecule has 1 N–H and O–H groups in total. The van der Waals surface area contributed by atoms with Gasteiger partial charge in [-0.1, -0.05) is 13.3 Å². The van der Waals surface area contributed by atoms with Crippen molar-refractivity contribution in [1.82, 2.24) is 19.7 Å². The van der Waals surface area contributed by atoms with Gasteiger partial charge < -0.3 is 5.32 Å². The topological polar surface area (TPSA) is 72.7 Å². The highest BCUT2D eigenvalue weighted by atomic mass is 32.1. The van der Waals surface area contributed by atoms with Gasteiger partial charge in [-0.3, -0.25) is 9.48 Å². The molecule has 2 heterocycles. The van der Waals surface area contributed by atoms with E-state index in [9.17, 15) is 4.79 Å². The second kappa shape index (κ2) is 6.98. The van der Waals surface area contributed by atoms with Crippen molar-refractivity contribution in [3.8, 4) is 0 Å². The lowest BCUT2D eigenvalue weighted by Gasteiger charge is -2.01. The molecule has 2 aromatic heterocycles. The van der Waals surface area contributed by atoms with E-state index >= 15 is 0 Å². The number of aromatic nitrogens is 4. The van der Waals surface area contributed by atoms with Crippen LogP contribution in [0.3, 0.4) is 0 Å². The van der Waals surface area contributed by atoms with E-state index in [0.717, 1.165) is 29.3 Å². The fourth-order valence-corrected chi connectivity index (χ4v) is 2.45. The lowest BCUT2D eigenvalue weighted by Crippen LogP contribution is -2.13. The molecule has 0 saturated carbocycles. The Morgan fingerprint density at radius 1 is 1.53 bits per heavy atom. The third kappa shape index (κ3) is 4.44. The van der Waals surface area contributed by atoms with Gasteiger partial charge in [0, 0.05) is 6.42 Å². The largest absolute Gasteiger partial charge is 0.316 e. The number of carbonyl (C=O) groups excluding carboxylic acids is 1. The predicted octanol–water partition coefficient (Wildman–Crippen LogP) is 2.11. The second-order valence-corrected chi connectivity index (χ2v) is 5.29. The van der Waals surface area contributed by atoms with E-state index in [1.54, 1.807) is 28.5 Å². The molecule has 0 aliphatic carbocycles. The van der Waals surface area contributed by atoms with Gasteiger partial charge in [0.2, 0.25) is 5.91 Å². The average molecular weight is 279 g/mol. The van der Waals surface area contributed by atoms with Crippen molar-refractivity contribution < 1.29 is 4.79 Å². The molecule has 6 nitrogen and oxygen atoms in total. The van der Waals surface area contributed by atoms with Gasteiger partial charge in [-0.05, 0) is 12.8 Å². The summed E-state index contributed by atoms with van der Waals surface area (Å²) >= 11 is 1.55. The molecule has 7 heteroatoms. The van der Waals surface area contributed by atoms with Crippen LogP contribution >= 0.6 is 11.3 Å². The summed E-state index contributed by atoms with van der Waals surface area (Å²) < 4.78 is 1.64. The molecule has 19 heavy (non-hydrogen) atoms.